The summed E-state index contributed by atoms with van der Waals surface area (Å²) >= 11 is 0. The fraction of sp³-hybridized carbons (Fsp3) is 0.533. The minimum Gasteiger partial charge on any atom is -0.326 e. The maximum Gasteiger partial charge on any atom is 0.321 e. The van der Waals surface area contributed by atoms with E-state index in [2.05, 4.69) is 22.5 Å². The molecular formula is C15H26N4O. The van der Waals surface area contributed by atoms with Gasteiger partial charge in [-0.2, -0.15) is 0 Å². The van der Waals surface area contributed by atoms with Crippen molar-refractivity contribution in [3.8, 4) is 0 Å². The molecule has 0 saturated carbocycles. The Morgan fingerprint density at radius 3 is 2.25 bits per heavy atom. The number of hydrogen-bond donors (Lipinski definition) is 2. The number of nitrogens with zero attached hydrogens (tertiary/aromatic N) is 2. The summed E-state index contributed by atoms with van der Waals surface area (Å²) in [6.45, 7) is 3.65. The minimum atomic E-state index is -0.0822. The lowest BCUT2D eigenvalue weighted by Gasteiger charge is -2.20. The van der Waals surface area contributed by atoms with Crippen molar-refractivity contribution in [2.45, 2.75) is 13.0 Å². The second-order valence-electron chi connectivity index (χ2n) is 5.29. The predicted molar refractivity (Wildman–Crippen MR) is 84.1 cm³/mol. The van der Waals surface area contributed by atoms with Gasteiger partial charge in [-0.15, -0.1) is 0 Å². The molecule has 0 aliphatic heterocycles. The van der Waals surface area contributed by atoms with Crippen molar-refractivity contribution in [1.29, 1.82) is 0 Å². The van der Waals surface area contributed by atoms with E-state index in [1.165, 1.54) is 5.56 Å². The zero-order valence-electron chi connectivity index (χ0n) is 13.1. The second-order valence-corrected chi connectivity index (χ2v) is 5.29. The molecule has 1 atom stereocenters. The van der Waals surface area contributed by atoms with Crippen LogP contribution >= 0.6 is 0 Å². The molecule has 0 heterocycles. The fourth-order valence-electron chi connectivity index (χ4n) is 1.69. The molecule has 0 radical (unpaired) electrons. The van der Waals surface area contributed by atoms with Gasteiger partial charge in [0.15, 0.2) is 0 Å². The highest BCUT2D eigenvalue weighted by Gasteiger charge is 2.09. The normalized spacial score (nSPS) is 12.3. The van der Waals surface area contributed by atoms with E-state index in [9.17, 15) is 4.79 Å². The average Bonchev–Trinajstić information content (AvgIpc) is 2.44. The van der Waals surface area contributed by atoms with E-state index >= 15 is 0 Å². The van der Waals surface area contributed by atoms with Crippen molar-refractivity contribution in [3.05, 3.63) is 29.8 Å². The van der Waals surface area contributed by atoms with Crippen LogP contribution in [0.2, 0.25) is 0 Å². The van der Waals surface area contributed by atoms with Crippen LogP contribution < -0.4 is 10.6 Å². The van der Waals surface area contributed by atoms with E-state index in [1.807, 2.05) is 45.4 Å². The number of rotatable bonds is 6. The molecule has 5 heteroatoms. The van der Waals surface area contributed by atoms with Crippen molar-refractivity contribution in [1.82, 2.24) is 15.1 Å². The Kier molecular flexibility index (Phi) is 6.48. The molecule has 0 saturated heterocycles. The molecule has 0 aromatic heterocycles. The molecule has 2 amide bonds. The number of urea groups is 1. The molecule has 0 bridgehead atoms. The van der Waals surface area contributed by atoms with Gasteiger partial charge in [0.2, 0.25) is 0 Å². The summed E-state index contributed by atoms with van der Waals surface area (Å²) in [5.41, 5.74) is 2.02. The van der Waals surface area contributed by atoms with Crippen LogP contribution in [0.25, 0.3) is 0 Å². The van der Waals surface area contributed by atoms with Crippen molar-refractivity contribution < 1.29 is 4.79 Å². The second kappa shape index (κ2) is 7.87. The number of benzene rings is 1. The van der Waals surface area contributed by atoms with Crippen LogP contribution in [0.3, 0.4) is 0 Å². The Morgan fingerprint density at radius 2 is 1.75 bits per heavy atom. The summed E-state index contributed by atoms with van der Waals surface area (Å²) < 4.78 is 0. The van der Waals surface area contributed by atoms with Crippen LogP contribution in [0, 0.1) is 0 Å². The lowest BCUT2D eigenvalue weighted by Crippen LogP contribution is -2.36. The van der Waals surface area contributed by atoms with Crippen molar-refractivity contribution in [2.24, 2.45) is 0 Å². The highest BCUT2D eigenvalue weighted by molar-refractivity contribution is 5.89. The Labute approximate surface area is 121 Å². The molecule has 1 aromatic carbocycles. The van der Waals surface area contributed by atoms with Gasteiger partial charge in [0, 0.05) is 31.9 Å². The minimum absolute atomic E-state index is 0.0822. The summed E-state index contributed by atoms with van der Waals surface area (Å²) in [6.07, 6.45) is 0. The highest BCUT2D eigenvalue weighted by Crippen LogP contribution is 2.15. The Bertz CT molecular complexity index is 416. The van der Waals surface area contributed by atoms with E-state index < -0.39 is 0 Å². The lowest BCUT2D eigenvalue weighted by atomic mass is 10.1. The number of likely N-dealkylation sites (N-methyl/N-ethyl adjacent to an activating group) is 2. The van der Waals surface area contributed by atoms with E-state index in [0.717, 1.165) is 12.2 Å². The highest BCUT2D eigenvalue weighted by atomic mass is 16.2. The monoisotopic (exact) mass is 278 g/mol. The first kappa shape index (κ1) is 16.5. The van der Waals surface area contributed by atoms with Gasteiger partial charge in [0.25, 0.3) is 0 Å². The van der Waals surface area contributed by atoms with E-state index in [0.29, 0.717) is 12.6 Å². The topological polar surface area (TPSA) is 47.6 Å². The number of amides is 2. The summed E-state index contributed by atoms with van der Waals surface area (Å²) in [5.74, 6) is 0. The molecule has 0 fully saturated rings. The third-order valence-corrected chi connectivity index (χ3v) is 3.32. The van der Waals surface area contributed by atoms with Gasteiger partial charge in [0.1, 0.15) is 0 Å². The number of anilines is 1. The van der Waals surface area contributed by atoms with Gasteiger partial charge in [-0.1, -0.05) is 12.1 Å². The summed E-state index contributed by atoms with van der Waals surface area (Å²) in [6, 6.07) is 8.14. The smallest absolute Gasteiger partial charge is 0.321 e. The lowest BCUT2D eigenvalue weighted by molar-refractivity contribution is 0.217. The Hall–Kier alpha value is -1.59. The zero-order chi connectivity index (χ0) is 15.1. The van der Waals surface area contributed by atoms with E-state index in [1.54, 1.807) is 11.9 Å². The van der Waals surface area contributed by atoms with Crippen LogP contribution in [-0.2, 0) is 0 Å². The summed E-state index contributed by atoms with van der Waals surface area (Å²) in [4.78, 5) is 15.7. The van der Waals surface area contributed by atoms with Crippen molar-refractivity contribution in [2.75, 3.05) is 46.6 Å². The molecule has 20 heavy (non-hydrogen) atoms. The molecule has 2 N–H and O–H groups in total. The first-order valence-corrected chi connectivity index (χ1v) is 6.88. The molecule has 0 aliphatic carbocycles. The van der Waals surface area contributed by atoms with Gasteiger partial charge in [-0.3, -0.25) is 0 Å². The Balaban J connectivity index is 2.53. The van der Waals surface area contributed by atoms with Gasteiger partial charge < -0.3 is 20.4 Å². The number of carbonyl (C=O) groups excluding carboxylic acids is 1. The third-order valence-electron chi connectivity index (χ3n) is 3.32. The Morgan fingerprint density at radius 1 is 1.15 bits per heavy atom. The quantitative estimate of drug-likeness (QED) is 0.836. The molecule has 0 spiro atoms. The molecule has 0 aliphatic rings. The van der Waals surface area contributed by atoms with Crippen molar-refractivity contribution >= 4 is 11.7 Å². The van der Waals surface area contributed by atoms with Crippen LogP contribution in [0.15, 0.2) is 24.3 Å². The van der Waals surface area contributed by atoms with E-state index in [-0.39, 0.29) is 6.03 Å². The average molecular weight is 278 g/mol. The number of hydrogen-bond acceptors (Lipinski definition) is 3. The third kappa shape index (κ3) is 5.19. The molecular weight excluding hydrogens is 252 g/mol. The number of nitrogens with one attached hydrogen (secondary N) is 2. The molecule has 5 nitrogen and oxygen atoms in total. The van der Waals surface area contributed by atoms with Gasteiger partial charge in [-0.05, 0) is 45.8 Å². The summed E-state index contributed by atoms with van der Waals surface area (Å²) in [5, 5.41) is 6.08. The molecule has 1 aromatic rings. The zero-order valence-corrected chi connectivity index (χ0v) is 13.1. The van der Waals surface area contributed by atoms with E-state index in [4.69, 9.17) is 0 Å². The molecule has 112 valence electrons. The molecule has 1 unspecified atom stereocenters. The maximum atomic E-state index is 12.0. The van der Waals surface area contributed by atoms with Crippen LogP contribution in [0.4, 0.5) is 10.5 Å². The SMILES string of the molecule is CNC(C)c1ccc(NC(=O)N(C)CCN(C)C)cc1. The molecule has 1 rings (SSSR count). The van der Waals surface area contributed by atoms with Crippen LogP contribution in [0.1, 0.15) is 18.5 Å². The number of carbonyl (C=O) groups is 1. The summed E-state index contributed by atoms with van der Waals surface area (Å²) in [7, 11) is 7.72. The van der Waals surface area contributed by atoms with Crippen molar-refractivity contribution in [3.63, 3.8) is 0 Å². The van der Waals surface area contributed by atoms with Gasteiger partial charge in [0.05, 0.1) is 0 Å². The standard InChI is InChI=1S/C15H26N4O/c1-12(16-2)13-6-8-14(9-7-13)17-15(20)19(5)11-10-18(3)4/h6-9,12,16H,10-11H2,1-5H3,(H,17,20). The first-order valence-electron chi connectivity index (χ1n) is 6.88. The first-order chi connectivity index (χ1) is 9.43. The van der Waals surface area contributed by atoms with Gasteiger partial charge >= 0.3 is 6.03 Å². The maximum absolute atomic E-state index is 12.0. The van der Waals surface area contributed by atoms with Crippen LogP contribution in [0.5, 0.6) is 0 Å². The fourth-order valence-corrected chi connectivity index (χ4v) is 1.69. The largest absolute Gasteiger partial charge is 0.326 e. The van der Waals surface area contributed by atoms with Gasteiger partial charge in [-0.25, -0.2) is 4.79 Å². The van der Waals surface area contributed by atoms with Crippen LogP contribution in [-0.4, -0.2) is 57.1 Å². The predicted octanol–water partition coefficient (Wildman–Crippen LogP) is 1.99.